The van der Waals surface area contributed by atoms with E-state index in [0.29, 0.717) is 12.3 Å². The van der Waals surface area contributed by atoms with Crippen molar-refractivity contribution in [2.24, 2.45) is 5.73 Å². The van der Waals surface area contributed by atoms with Crippen LogP contribution in [0.5, 0.6) is 11.5 Å². The fourth-order valence-electron chi connectivity index (χ4n) is 1.95. The Morgan fingerprint density at radius 3 is 2.70 bits per heavy atom. The normalized spacial score (nSPS) is 12.0. The topological polar surface area (TPSA) is 44.5 Å². The van der Waals surface area contributed by atoms with Gasteiger partial charge in [0.25, 0.3) is 0 Å². The third-order valence-corrected chi connectivity index (χ3v) is 3.10. The summed E-state index contributed by atoms with van der Waals surface area (Å²) in [6, 6.07) is 12.0. The van der Waals surface area contributed by atoms with Crippen molar-refractivity contribution in [3.05, 3.63) is 59.4 Å². The Labute approximate surface area is 118 Å². The smallest absolute Gasteiger partial charge is 0.136 e. The summed E-state index contributed by atoms with van der Waals surface area (Å²) in [6.45, 7) is 2.16. The minimum atomic E-state index is -0.342. The van der Waals surface area contributed by atoms with Crippen LogP contribution in [-0.4, -0.2) is 13.7 Å². The van der Waals surface area contributed by atoms with Crippen LogP contribution in [0.25, 0.3) is 0 Å². The van der Waals surface area contributed by atoms with E-state index in [2.05, 4.69) is 0 Å². The highest BCUT2D eigenvalue weighted by Crippen LogP contribution is 2.27. The predicted octanol–water partition coefficient (Wildman–Crippen LogP) is 3.22. The lowest BCUT2D eigenvalue weighted by Gasteiger charge is -2.19. The van der Waals surface area contributed by atoms with E-state index in [0.717, 1.165) is 16.9 Å². The van der Waals surface area contributed by atoms with Crippen LogP contribution in [0.4, 0.5) is 4.39 Å². The summed E-state index contributed by atoms with van der Waals surface area (Å²) in [5, 5.41) is 0. The van der Waals surface area contributed by atoms with Gasteiger partial charge < -0.3 is 15.2 Å². The molecule has 0 fully saturated rings. The minimum Gasteiger partial charge on any atom is -0.497 e. The van der Waals surface area contributed by atoms with E-state index in [-0.39, 0.29) is 11.9 Å². The van der Waals surface area contributed by atoms with E-state index in [9.17, 15) is 4.39 Å². The number of ether oxygens (including phenoxy) is 2. The number of benzene rings is 2. The van der Waals surface area contributed by atoms with Crippen molar-refractivity contribution in [1.82, 2.24) is 0 Å². The molecule has 0 saturated carbocycles. The van der Waals surface area contributed by atoms with Crippen LogP contribution in [0.15, 0.2) is 42.5 Å². The highest BCUT2D eigenvalue weighted by molar-refractivity contribution is 5.35. The first-order chi connectivity index (χ1) is 9.63. The minimum absolute atomic E-state index is 0.295. The highest BCUT2D eigenvalue weighted by Gasteiger charge is 2.14. The molecule has 0 aliphatic carbocycles. The van der Waals surface area contributed by atoms with Gasteiger partial charge in [0.1, 0.15) is 23.4 Å². The van der Waals surface area contributed by atoms with Gasteiger partial charge in [0.15, 0.2) is 0 Å². The average molecular weight is 275 g/mol. The molecule has 20 heavy (non-hydrogen) atoms. The Balaban J connectivity index is 2.26. The molecule has 0 saturated heterocycles. The standard InChI is InChI=1S/C16H18FNO2/c1-11-6-7-13(17)9-15(11)20-16(10-18)12-4-3-5-14(8-12)19-2/h3-9,16H,10,18H2,1-2H3. The summed E-state index contributed by atoms with van der Waals surface area (Å²) in [6.07, 6.45) is -0.342. The molecule has 0 bridgehead atoms. The maximum absolute atomic E-state index is 13.3. The summed E-state index contributed by atoms with van der Waals surface area (Å²) in [4.78, 5) is 0. The van der Waals surface area contributed by atoms with Gasteiger partial charge in [0.05, 0.1) is 7.11 Å². The fraction of sp³-hybridized carbons (Fsp3) is 0.250. The first-order valence-electron chi connectivity index (χ1n) is 6.41. The molecule has 0 aromatic heterocycles. The molecule has 0 radical (unpaired) electrons. The fourth-order valence-corrected chi connectivity index (χ4v) is 1.95. The van der Waals surface area contributed by atoms with Gasteiger partial charge >= 0.3 is 0 Å². The zero-order chi connectivity index (χ0) is 14.5. The maximum Gasteiger partial charge on any atom is 0.136 e. The largest absolute Gasteiger partial charge is 0.497 e. The molecule has 2 aromatic rings. The molecule has 3 nitrogen and oxygen atoms in total. The van der Waals surface area contributed by atoms with E-state index in [1.165, 1.54) is 12.1 Å². The van der Waals surface area contributed by atoms with Crippen LogP contribution in [-0.2, 0) is 0 Å². The summed E-state index contributed by atoms with van der Waals surface area (Å²) >= 11 is 0. The number of methoxy groups -OCH3 is 1. The quantitative estimate of drug-likeness (QED) is 0.911. The van der Waals surface area contributed by atoms with Gasteiger partial charge in [0.2, 0.25) is 0 Å². The third-order valence-electron chi connectivity index (χ3n) is 3.10. The van der Waals surface area contributed by atoms with Crippen LogP contribution in [0.2, 0.25) is 0 Å². The number of rotatable bonds is 5. The van der Waals surface area contributed by atoms with Gasteiger partial charge in [-0.05, 0) is 36.2 Å². The Kier molecular flexibility index (Phi) is 4.58. The van der Waals surface area contributed by atoms with Crippen LogP contribution in [0.1, 0.15) is 17.2 Å². The van der Waals surface area contributed by atoms with Crippen molar-refractivity contribution in [1.29, 1.82) is 0 Å². The summed E-state index contributed by atoms with van der Waals surface area (Å²) in [5.74, 6) is 0.913. The SMILES string of the molecule is COc1cccc(C(CN)Oc2cc(F)ccc2C)c1. The number of halogens is 1. The molecule has 0 spiro atoms. The van der Waals surface area contributed by atoms with Gasteiger partial charge in [-0.25, -0.2) is 4.39 Å². The first-order valence-corrected chi connectivity index (χ1v) is 6.41. The molecule has 106 valence electrons. The zero-order valence-corrected chi connectivity index (χ0v) is 11.6. The second-order valence-corrected chi connectivity index (χ2v) is 4.53. The molecule has 0 heterocycles. The second kappa shape index (κ2) is 6.39. The van der Waals surface area contributed by atoms with E-state index < -0.39 is 0 Å². The van der Waals surface area contributed by atoms with Gasteiger partial charge in [-0.1, -0.05) is 18.2 Å². The zero-order valence-electron chi connectivity index (χ0n) is 11.6. The Morgan fingerprint density at radius 1 is 1.20 bits per heavy atom. The van der Waals surface area contributed by atoms with E-state index in [1.807, 2.05) is 31.2 Å². The number of aryl methyl sites for hydroxylation is 1. The molecule has 2 rings (SSSR count). The van der Waals surface area contributed by atoms with Crippen LogP contribution in [0.3, 0.4) is 0 Å². The molecular weight excluding hydrogens is 257 g/mol. The number of nitrogens with two attached hydrogens (primary N) is 1. The molecule has 1 atom stereocenters. The first kappa shape index (κ1) is 14.3. The van der Waals surface area contributed by atoms with Crippen molar-refractivity contribution in [2.75, 3.05) is 13.7 Å². The lowest BCUT2D eigenvalue weighted by molar-refractivity contribution is 0.211. The van der Waals surface area contributed by atoms with Crippen LogP contribution >= 0.6 is 0 Å². The van der Waals surface area contributed by atoms with Crippen molar-refractivity contribution >= 4 is 0 Å². The van der Waals surface area contributed by atoms with Gasteiger partial charge in [-0.15, -0.1) is 0 Å². The van der Waals surface area contributed by atoms with Gasteiger partial charge in [0, 0.05) is 12.6 Å². The molecule has 0 aliphatic heterocycles. The average Bonchev–Trinajstić information content (AvgIpc) is 2.48. The predicted molar refractivity (Wildman–Crippen MR) is 76.6 cm³/mol. The van der Waals surface area contributed by atoms with E-state index in [4.69, 9.17) is 15.2 Å². The second-order valence-electron chi connectivity index (χ2n) is 4.53. The van der Waals surface area contributed by atoms with Crippen molar-refractivity contribution < 1.29 is 13.9 Å². The van der Waals surface area contributed by atoms with E-state index in [1.54, 1.807) is 13.2 Å². The molecule has 0 amide bonds. The Morgan fingerprint density at radius 2 is 2.00 bits per heavy atom. The van der Waals surface area contributed by atoms with Crippen LogP contribution in [0, 0.1) is 12.7 Å². The monoisotopic (exact) mass is 275 g/mol. The number of hydrogen-bond donors (Lipinski definition) is 1. The van der Waals surface area contributed by atoms with Crippen molar-refractivity contribution in [2.45, 2.75) is 13.0 Å². The maximum atomic E-state index is 13.3. The highest BCUT2D eigenvalue weighted by atomic mass is 19.1. The summed E-state index contributed by atoms with van der Waals surface area (Å²) in [5.41, 5.74) is 7.54. The molecule has 1 unspecified atom stereocenters. The molecule has 2 aromatic carbocycles. The molecule has 0 aliphatic rings. The van der Waals surface area contributed by atoms with Gasteiger partial charge in [-0.3, -0.25) is 0 Å². The van der Waals surface area contributed by atoms with E-state index >= 15 is 0 Å². The van der Waals surface area contributed by atoms with Crippen molar-refractivity contribution in [3.8, 4) is 11.5 Å². The Bertz CT molecular complexity index is 586. The molecule has 4 heteroatoms. The molecule has 2 N–H and O–H groups in total. The Hall–Kier alpha value is -2.07. The number of hydrogen-bond acceptors (Lipinski definition) is 3. The van der Waals surface area contributed by atoms with Crippen LogP contribution < -0.4 is 15.2 Å². The summed E-state index contributed by atoms with van der Waals surface area (Å²) < 4.78 is 24.3. The van der Waals surface area contributed by atoms with Crippen molar-refractivity contribution in [3.63, 3.8) is 0 Å². The third kappa shape index (κ3) is 3.27. The lowest BCUT2D eigenvalue weighted by atomic mass is 10.1. The summed E-state index contributed by atoms with van der Waals surface area (Å²) in [7, 11) is 1.61. The molecular formula is C16H18FNO2. The lowest BCUT2D eigenvalue weighted by Crippen LogP contribution is -2.19. The van der Waals surface area contributed by atoms with Gasteiger partial charge in [-0.2, -0.15) is 0 Å².